The number of hydrogen-bond acceptors (Lipinski definition) is 8. The molecule has 0 aliphatic rings. The van der Waals surface area contributed by atoms with Gasteiger partial charge in [-0.2, -0.15) is 0 Å². The molecule has 3 aromatic rings. The molecule has 3 atom stereocenters. The highest BCUT2D eigenvalue weighted by atomic mass is 35.5. The van der Waals surface area contributed by atoms with Gasteiger partial charge in [-0.05, 0) is 66.6 Å². The molecule has 1 aromatic heterocycles. The van der Waals surface area contributed by atoms with E-state index in [1.54, 1.807) is 0 Å². The van der Waals surface area contributed by atoms with Crippen molar-refractivity contribution in [3.63, 3.8) is 0 Å². The van der Waals surface area contributed by atoms with Crippen molar-refractivity contribution in [3.8, 4) is 0 Å². The van der Waals surface area contributed by atoms with Crippen LogP contribution >= 0.6 is 22.9 Å². The average Bonchev–Trinajstić information content (AvgIpc) is 3.47. The fraction of sp³-hybridized carbons (Fsp3) is 0.500. The highest BCUT2D eigenvalue weighted by Crippen LogP contribution is 2.29. The largest absolute Gasteiger partial charge is 0.390 e. The molecule has 3 rings (SSSR count). The number of sulfone groups is 2. The third-order valence-corrected chi connectivity index (χ3v) is 14.0. The van der Waals surface area contributed by atoms with E-state index >= 15 is 0 Å². The zero-order valence-corrected chi connectivity index (χ0v) is 30.6. The molecule has 0 fully saturated rings. The Morgan fingerprint density at radius 1 is 0.896 bits per heavy atom. The number of hydrogen-bond donors (Lipinski definition) is 3. The zero-order valence-electron chi connectivity index (χ0n) is 27.4. The van der Waals surface area contributed by atoms with Crippen molar-refractivity contribution in [2.24, 2.45) is 5.92 Å². The van der Waals surface area contributed by atoms with Gasteiger partial charge < -0.3 is 15.7 Å². The van der Waals surface area contributed by atoms with Gasteiger partial charge in [0.15, 0.2) is 19.7 Å². The summed E-state index contributed by atoms with van der Waals surface area (Å²) in [6.45, 7) is 6.08. The molecule has 0 saturated carbocycles. The minimum Gasteiger partial charge on any atom is -0.390 e. The van der Waals surface area contributed by atoms with Crippen LogP contribution in [0.5, 0.6) is 0 Å². The fourth-order valence-electron chi connectivity index (χ4n) is 5.61. The lowest BCUT2D eigenvalue weighted by molar-refractivity contribution is -0.125. The molecular weight excluding hydrogens is 702 g/mol. The molecule has 14 heteroatoms. The molecule has 0 spiro atoms. The number of amides is 1. The van der Waals surface area contributed by atoms with Crippen molar-refractivity contribution < 1.29 is 35.5 Å². The normalized spacial score (nSPS) is 14.2. The van der Waals surface area contributed by atoms with Crippen LogP contribution in [0.2, 0.25) is 4.34 Å². The summed E-state index contributed by atoms with van der Waals surface area (Å²) < 4.78 is 82.4. The highest BCUT2D eigenvalue weighted by Gasteiger charge is 2.36. The lowest BCUT2D eigenvalue weighted by Crippen LogP contribution is -2.52. The number of carbonyl (C=O) groups is 1. The van der Waals surface area contributed by atoms with Crippen LogP contribution in [0.25, 0.3) is 0 Å². The van der Waals surface area contributed by atoms with Crippen LogP contribution < -0.4 is 10.6 Å². The average molecular weight is 747 g/mol. The summed E-state index contributed by atoms with van der Waals surface area (Å²) in [7, 11) is -8.09. The zero-order chi connectivity index (χ0) is 35.5. The van der Waals surface area contributed by atoms with E-state index in [2.05, 4.69) is 10.6 Å². The van der Waals surface area contributed by atoms with Gasteiger partial charge in [-0.25, -0.2) is 25.6 Å². The SMILES string of the molecule is CCCC(CCC)S(=O)(=O)CC(CS(=O)(=O)c1ccc(Cl)s1)C(=O)N[C@@H](Cc1cc(F)cc(F)c1)[C@H](O)CNCc1cccc(CC)c1. The van der Waals surface area contributed by atoms with Gasteiger partial charge in [0.1, 0.15) is 15.8 Å². The monoisotopic (exact) mass is 746 g/mol. The summed E-state index contributed by atoms with van der Waals surface area (Å²) in [4.78, 5) is 13.9. The van der Waals surface area contributed by atoms with Crippen LogP contribution in [0, 0.1) is 17.6 Å². The molecule has 48 heavy (non-hydrogen) atoms. The van der Waals surface area contributed by atoms with Crippen molar-refractivity contribution in [1.82, 2.24) is 10.6 Å². The van der Waals surface area contributed by atoms with Gasteiger partial charge in [0.2, 0.25) is 5.91 Å². The van der Waals surface area contributed by atoms with Crippen molar-refractivity contribution in [2.45, 2.75) is 87.4 Å². The summed E-state index contributed by atoms with van der Waals surface area (Å²) >= 11 is 6.77. The molecule has 0 aliphatic heterocycles. The molecule has 0 saturated heterocycles. The predicted octanol–water partition coefficient (Wildman–Crippen LogP) is 5.89. The van der Waals surface area contributed by atoms with Crippen molar-refractivity contribution in [3.05, 3.63) is 87.3 Å². The molecule has 1 unspecified atom stereocenters. The standard InChI is InChI=1S/C34H45ClF2N2O6S3/c1-4-8-29(9-5-2)47(42,43)21-26(22-48(44,45)33-13-12-32(35)46-33)34(41)39-30(17-25-15-27(36)18-28(37)16-25)31(40)20-38-19-24-11-7-10-23(6-3)14-24/h7,10-16,18,26,29-31,38,40H,4-6,8-9,17,19-22H2,1-3H3,(H,39,41)/t26?,30-,31+/m0/s1. The van der Waals surface area contributed by atoms with Gasteiger partial charge in [-0.1, -0.05) is 69.5 Å². The maximum atomic E-state index is 14.1. The number of rotatable bonds is 20. The van der Waals surface area contributed by atoms with Gasteiger partial charge in [-0.15, -0.1) is 11.3 Å². The molecule has 3 N–H and O–H groups in total. The first kappa shape index (κ1) is 40.0. The topological polar surface area (TPSA) is 130 Å². The second-order valence-corrected chi connectivity index (χ2v) is 18.3. The van der Waals surface area contributed by atoms with Crippen molar-refractivity contribution in [1.29, 1.82) is 0 Å². The molecule has 1 amide bonds. The molecule has 0 bridgehead atoms. The number of thiophene rings is 1. The summed E-state index contributed by atoms with van der Waals surface area (Å²) in [6, 6.07) is 12.3. The van der Waals surface area contributed by atoms with Gasteiger partial charge >= 0.3 is 0 Å². The smallest absolute Gasteiger partial charge is 0.225 e. The lowest BCUT2D eigenvalue weighted by Gasteiger charge is -2.28. The Labute approximate surface area is 292 Å². The van der Waals surface area contributed by atoms with Crippen molar-refractivity contribution in [2.75, 3.05) is 18.1 Å². The third kappa shape index (κ3) is 12.2. The number of aliphatic hydroxyl groups excluding tert-OH is 1. The molecule has 8 nitrogen and oxygen atoms in total. The minimum atomic E-state index is -4.15. The number of nitrogens with one attached hydrogen (secondary N) is 2. The highest BCUT2D eigenvalue weighted by molar-refractivity contribution is 7.94. The van der Waals surface area contributed by atoms with Gasteiger partial charge in [0, 0.05) is 19.2 Å². The van der Waals surface area contributed by atoms with E-state index in [4.69, 9.17) is 11.6 Å². The van der Waals surface area contributed by atoms with E-state index in [9.17, 15) is 35.5 Å². The molecular formula is C34H45ClF2N2O6S3. The fourth-order valence-corrected chi connectivity index (χ4v) is 11.2. The quantitative estimate of drug-likeness (QED) is 0.132. The van der Waals surface area contributed by atoms with E-state index in [-0.39, 0.29) is 27.1 Å². The Morgan fingerprint density at radius 3 is 2.12 bits per heavy atom. The van der Waals surface area contributed by atoms with Crippen LogP contribution in [0.3, 0.4) is 0 Å². The van der Waals surface area contributed by atoms with E-state index in [1.807, 2.05) is 45.0 Å². The Bertz CT molecular complexity index is 1690. The van der Waals surface area contributed by atoms with E-state index in [1.165, 1.54) is 12.1 Å². The Hall–Kier alpha value is -2.42. The molecule has 266 valence electrons. The van der Waals surface area contributed by atoms with Crippen LogP contribution in [0.4, 0.5) is 8.78 Å². The number of aryl methyl sites for hydroxylation is 1. The maximum absolute atomic E-state index is 14.1. The molecule has 0 aliphatic carbocycles. The van der Waals surface area contributed by atoms with E-state index in [0.29, 0.717) is 38.3 Å². The first-order chi connectivity index (χ1) is 22.7. The van der Waals surface area contributed by atoms with E-state index in [0.717, 1.165) is 41.0 Å². The Kier molecular flexibility index (Phi) is 15.5. The van der Waals surface area contributed by atoms with Crippen LogP contribution in [-0.4, -0.2) is 63.3 Å². The lowest BCUT2D eigenvalue weighted by atomic mass is 9.99. The van der Waals surface area contributed by atoms with Gasteiger partial charge in [-0.3, -0.25) is 4.79 Å². The molecule has 2 aromatic carbocycles. The second kappa shape index (κ2) is 18.5. The van der Waals surface area contributed by atoms with Crippen LogP contribution in [0.15, 0.2) is 58.8 Å². The summed E-state index contributed by atoms with van der Waals surface area (Å²) in [5, 5.41) is 16.3. The third-order valence-electron chi connectivity index (χ3n) is 8.06. The summed E-state index contributed by atoms with van der Waals surface area (Å²) in [5.74, 6) is -5.69. The predicted molar refractivity (Wildman–Crippen MR) is 188 cm³/mol. The minimum absolute atomic E-state index is 0.0386. The van der Waals surface area contributed by atoms with Crippen molar-refractivity contribution >= 4 is 48.5 Å². The number of carbonyl (C=O) groups excluding carboxylic acids is 1. The molecule has 0 radical (unpaired) electrons. The van der Waals surface area contributed by atoms with E-state index < -0.39 is 72.0 Å². The van der Waals surface area contributed by atoms with Gasteiger partial charge in [0.05, 0.1) is 39.2 Å². The Morgan fingerprint density at radius 2 is 1.54 bits per heavy atom. The van der Waals surface area contributed by atoms with Crippen LogP contribution in [-0.2, 0) is 43.9 Å². The first-order valence-electron chi connectivity index (χ1n) is 16.1. The number of aliphatic hydroxyl groups is 1. The second-order valence-electron chi connectivity index (χ2n) is 12.0. The summed E-state index contributed by atoms with van der Waals surface area (Å²) in [5.41, 5.74) is 2.24. The maximum Gasteiger partial charge on any atom is 0.225 e. The molecule has 1 heterocycles. The summed E-state index contributed by atoms with van der Waals surface area (Å²) in [6.07, 6.45) is 1.22. The first-order valence-corrected chi connectivity index (χ1v) is 20.6. The Balaban J connectivity index is 1.92. The van der Waals surface area contributed by atoms with Crippen LogP contribution in [0.1, 0.15) is 63.1 Å². The van der Waals surface area contributed by atoms with Gasteiger partial charge in [0.25, 0.3) is 0 Å². The number of benzene rings is 2. The number of halogens is 3.